The third-order valence-corrected chi connectivity index (χ3v) is 6.22. The average molecular weight is 482 g/mol. The fraction of sp³-hybridized carbons (Fsp3) is 0.148. The summed E-state index contributed by atoms with van der Waals surface area (Å²) in [7, 11) is 1.59. The van der Waals surface area contributed by atoms with Crippen molar-refractivity contribution in [3.05, 3.63) is 89.9 Å². The number of amides is 2. The van der Waals surface area contributed by atoms with E-state index in [1.807, 2.05) is 73.7 Å². The molecule has 2 aliphatic rings. The molecular weight excluding hydrogens is 460 g/mol. The van der Waals surface area contributed by atoms with Crippen molar-refractivity contribution in [2.75, 3.05) is 18.8 Å². The molecule has 9 nitrogen and oxygen atoms in total. The van der Waals surface area contributed by atoms with Crippen LogP contribution in [0, 0.1) is 0 Å². The maximum atomic E-state index is 13.3. The molecule has 2 aliphatic heterocycles. The summed E-state index contributed by atoms with van der Waals surface area (Å²) in [6.07, 6.45) is 0. The summed E-state index contributed by atoms with van der Waals surface area (Å²) in [4.78, 5) is 19.6. The first-order valence-electron chi connectivity index (χ1n) is 11.4. The van der Waals surface area contributed by atoms with Crippen LogP contribution in [0.1, 0.15) is 24.4 Å². The van der Waals surface area contributed by atoms with Crippen LogP contribution in [0.4, 0.5) is 10.5 Å². The number of nitrogens with zero attached hydrogens (tertiary/aromatic N) is 3. The van der Waals surface area contributed by atoms with Crippen molar-refractivity contribution in [1.29, 1.82) is 0 Å². The Bertz CT molecular complexity index is 1480. The Kier molecular flexibility index (Phi) is 5.29. The Balaban J connectivity index is 1.47. The van der Waals surface area contributed by atoms with Gasteiger partial charge in [-0.1, -0.05) is 41.6 Å². The lowest BCUT2D eigenvalue weighted by Crippen LogP contribution is -2.46. The lowest BCUT2D eigenvalue weighted by molar-refractivity contribution is 0.174. The highest BCUT2D eigenvalue weighted by atomic mass is 16.7. The Morgan fingerprint density at radius 1 is 1.00 bits per heavy atom. The Morgan fingerprint density at radius 2 is 1.83 bits per heavy atom. The molecule has 3 aromatic carbocycles. The second-order valence-electron chi connectivity index (χ2n) is 8.32. The van der Waals surface area contributed by atoms with Crippen molar-refractivity contribution in [2.45, 2.75) is 13.0 Å². The molecule has 180 valence electrons. The smallest absolute Gasteiger partial charge is 0.327 e. The van der Waals surface area contributed by atoms with Crippen molar-refractivity contribution < 1.29 is 23.5 Å². The van der Waals surface area contributed by atoms with Crippen LogP contribution in [-0.2, 0) is 0 Å². The van der Waals surface area contributed by atoms with Gasteiger partial charge in [0.1, 0.15) is 5.75 Å². The highest BCUT2D eigenvalue weighted by Crippen LogP contribution is 2.40. The van der Waals surface area contributed by atoms with Gasteiger partial charge in [-0.15, -0.1) is 0 Å². The number of fused-ring (bicyclic) bond motifs is 1. The van der Waals surface area contributed by atoms with Gasteiger partial charge in [0, 0.05) is 17.3 Å². The van der Waals surface area contributed by atoms with E-state index in [1.165, 1.54) is 0 Å². The summed E-state index contributed by atoms with van der Waals surface area (Å²) in [5.41, 5.74) is 3.65. The van der Waals surface area contributed by atoms with Gasteiger partial charge >= 0.3 is 6.03 Å². The Labute approximate surface area is 206 Å². The minimum absolute atomic E-state index is 0.181. The van der Waals surface area contributed by atoms with Gasteiger partial charge in [-0.2, -0.15) is 4.98 Å². The molecule has 1 aromatic heterocycles. The standard InChI is InChI=1S/C27H22N4O5/c1-16-23(26-29-25(30-36-26)18-11-12-21-22(13-18)35-15-34-21)24(17-7-4-3-5-8-17)28-27(32)31(16)19-9-6-10-20(14-19)33-2/h3-14,24H,15H2,1-2H3,(H,28,32). The summed E-state index contributed by atoms with van der Waals surface area (Å²) >= 11 is 0. The van der Waals surface area contributed by atoms with E-state index in [0.717, 1.165) is 11.1 Å². The predicted molar refractivity (Wildman–Crippen MR) is 132 cm³/mol. The van der Waals surface area contributed by atoms with Gasteiger partial charge in [0.25, 0.3) is 5.89 Å². The van der Waals surface area contributed by atoms with E-state index in [0.29, 0.717) is 45.9 Å². The Morgan fingerprint density at radius 3 is 2.67 bits per heavy atom. The van der Waals surface area contributed by atoms with E-state index in [2.05, 4.69) is 10.5 Å². The molecule has 36 heavy (non-hydrogen) atoms. The van der Waals surface area contributed by atoms with E-state index in [4.69, 9.17) is 23.7 Å². The summed E-state index contributed by atoms with van der Waals surface area (Å²) in [6, 6.07) is 21.7. The number of ether oxygens (including phenoxy) is 3. The second-order valence-corrected chi connectivity index (χ2v) is 8.32. The van der Waals surface area contributed by atoms with Crippen LogP contribution in [0.5, 0.6) is 17.2 Å². The molecule has 4 aromatic rings. The number of carbonyl (C=O) groups excluding carboxylic acids is 1. The van der Waals surface area contributed by atoms with Crippen LogP contribution in [0.25, 0.3) is 17.0 Å². The van der Waals surface area contributed by atoms with Crippen LogP contribution in [0.3, 0.4) is 0 Å². The van der Waals surface area contributed by atoms with Crippen LogP contribution in [0.15, 0.2) is 83.0 Å². The van der Waals surface area contributed by atoms with Crippen molar-refractivity contribution in [3.8, 4) is 28.6 Å². The zero-order valence-corrected chi connectivity index (χ0v) is 19.6. The molecule has 0 bridgehead atoms. The first-order valence-corrected chi connectivity index (χ1v) is 11.4. The van der Waals surface area contributed by atoms with Gasteiger partial charge < -0.3 is 24.1 Å². The molecule has 0 radical (unpaired) electrons. The third kappa shape index (κ3) is 3.70. The number of nitrogens with one attached hydrogen (secondary N) is 1. The van der Waals surface area contributed by atoms with Crippen LogP contribution < -0.4 is 24.4 Å². The number of hydrogen-bond acceptors (Lipinski definition) is 7. The number of urea groups is 1. The van der Waals surface area contributed by atoms with E-state index >= 15 is 0 Å². The molecule has 1 atom stereocenters. The Hall–Kier alpha value is -4.79. The van der Waals surface area contributed by atoms with Crippen molar-refractivity contribution in [2.24, 2.45) is 0 Å². The molecule has 3 heterocycles. The summed E-state index contributed by atoms with van der Waals surface area (Å²) in [5, 5.41) is 7.33. The normalized spacial score (nSPS) is 16.8. The molecular formula is C27H22N4O5. The van der Waals surface area contributed by atoms with Gasteiger partial charge in [-0.3, -0.25) is 4.90 Å². The van der Waals surface area contributed by atoms with Crippen molar-refractivity contribution in [3.63, 3.8) is 0 Å². The molecule has 2 amide bonds. The highest BCUT2D eigenvalue weighted by Gasteiger charge is 2.36. The van der Waals surface area contributed by atoms with E-state index in [1.54, 1.807) is 18.1 Å². The molecule has 0 aliphatic carbocycles. The maximum absolute atomic E-state index is 13.3. The maximum Gasteiger partial charge on any atom is 0.327 e. The van der Waals surface area contributed by atoms with Crippen LogP contribution in [-0.4, -0.2) is 30.1 Å². The quantitative estimate of drug-likeness (QED) is 0.419. The lowest BCUT2D eigenvalue weighted by atomic mass is 9.94. The number of methoxy groups -OCH3 is 1. The minimum Gasteiger partial charge on any atom is -0.497 e. The fourth-order valence-corrected chi connectivity index (χ4v) is 4.46. The van der Waals surface area contributed by atoms with Crippen molar-refractivity contribution >= 4 is 17.3 Å². The first kappa shape index (κ1) is 21.7. The molecule has 0 saturated carbocycles. The van der Waals surface area contributed by atoms with Gasteiger partial charge in [0.15, 0.2) is 11.5 Å². The molecule has 1 N–H and O–H groups in total. The number of hydrogen-bond donors (Lipinski definition) is 1. The number of allylic oxidation sites excluding steroid dienone is 1. The largest absolute Gasteiger partial charge is 0.497 e. The molecule has 0 fully saturated rings. The van der Waals surface area contributed by atoms with Gasteiger partial charge in [0.05, 0.1) is 24.4 Å². The SMILES string of the molecule is COc1cccc(N2C(=O)NC(c3ccccc3)C(c3nc(-c4ccc5c(c4)OCO5)no3)=C2C)c1. The zero-order chi connectivity index (χ0) is 24.6. The number of benzene rings is 3. The monoisotopic (exact) mass is 482 g/mol. The molecule has 0 saturated heterocycles. The van der Waals surface area contributed by atoms with E-state index < -0.39 is 6.04 Å². The second kappa shape index (κ2) is 8.77. The lowest BCUT2D eigenvalue weighted by Gasteiger charge is -2.35. The molecule has 0 spiro atoms. The summed E-state index contributed by atoms with van der Waals surface area (Å²) in [6.45, 7) is 2.05. The van der Waals surface area contributed by atoms with Gasteiger partial charge in [0.2, 0.25) is 12.6 Å². The number of anilines is 1. The number of aromatic nitrogens is 2. The molecule has 6 rings (SSSR count). The topological polar surface area (TPSA) is 99.0 Å². The molecule has 9 heteroatoms. The van der Waals surface area contributed by atoms with E-state index in [-0.39, 0.29) is 12.8 Å². The van der Waals surface area contributed by atoms with Gasteiger partial charge in [-0.05, 0) is 42.8 Å². The first-order chi connectivity index (χ1) is 17.6. The van der Waals surface area contributed by atoms with E-state index in [9.17, 15) is 4.79 Å². The van der Waals surface area contributed by atoms with Crippen LogP contribution in [0.2, 0.25) is 0 Å². The highest BCUT2D eigenvalue weighted by molar-refractivity contribution is 6.01. The summed E-state index contributed by atoms with van der Waals surface area (Å²) < 4.78 is 22.0. The van der Waals surface area contributed by atoms with Gasteiger partial charge in [-0.25, -0.2) is 4.79 Å². The average Bonchev–Trinajstić information content (AvgIpc) is 3.58. The van der Waals surface area contributed by atoms with Crippen LogP contribution >= 0.6 is 0 Å². The zero-order valence-electron chi connectivity index (χ0n) is 19.6. The number of rotatable bonds is 5. The fourth-order valence-electron chi connectivity index (χ4n) is 4.46. The predicted octanol–water partition coefficient (Wildman–Crippen LogP) is 5.18. The summed E-state index contributed by atoms with van der Waals surface area (Å²) in [5.74, 6) is 2.66. The molecule has 1 unspecified atom stereocenters. The van der Waals surface area contributed by atoms with Crippen molar-refractivity contribution in [1.82, 2.24) is 15.5 Å². The number of carbonyl (C=O) groups is 1. The third-order valence-electron chi connectivity index (χ3n) is 6.22. The minimum atomic E-state index is -0.481.